The summed E-state index contributed by atoms with van der Waals surface area (Å²) in [6, 6.07) is 14.9. The van der Waals surface area contributed by atoms with E-state index in [-0.39, 0.29) is 13.2 Å². The topological polar surface area (TPSA) is 85.6 Å². The van der Waals surface area contributed by atoms with Gasteiger partial charge < -0.3 is 29.7 Å². The highest BCUT2D eigenvalue weighted by Gasteiger charge is 2.44. The molecule has 2 fully saturated rings. The lowest BCUT2D eigenvalue weighted by Crippen LogP contribution is -2.62. The van der Waals surface area contributed by atoms with Crippen LogP contribution in [0.2, 0.25) is 5.02 Å². The van der Waals surface area contributed by atoms with Crippen LogP contribution in [0.5, 0.6) is 11.5 Å². The first-order valence-corrected chi connectivity index (χ1v) is 11.8. The Bertz CT molecular complexity index is 937. The molecule has 0 unspecified atom stereocenters. The van der Waals surface area contributed by atoms with Gasteiger partial charge in [0, 0.05) is 49.5 Å². The molecule has 7 nitrogen and oxygen atoms in total. The molecule has 2 heterocycles. The van der Waals surface area contributed by atoms with Gasteiger partial charge in [-0.2, -0.15) is 0 Å². The van der Waals surface area contributed by atoms with Gasteiger partial charge in [-0.3, -0.25) is 4.90 Å². The number of nitrogens with zero attached hydrogens (tertiary/aromatic N) is 2. The minimum atomic E-state index is -1.42. The zero-order chi connectivity index (χ0) is 23.5. The first-order chi connectivity index (χ1) is 15.8. The summed E-state index contributed by atoms with van der Waals surface area (Å²) in [4.78, 5) is 4.29. The zero-order valence-corrected chi connectivity index (χ0v) is 19.7. The molecule has 0 aliphatic carbocycles. The van der Waals surface area contributed by atoms with Crippen LogP contribution >= 0.6 is 11.6 Å². The number of rotatable bonds is 7. The second-order valence-electron chi connectivity index (χ2n) is 9.28. The first-order valence-electron chi connectivity index (χ1n) is 11.4. The minimum absolute atomic E-state index is 0.0486. The van der Waals surface area contributed by atoms with E-state index in [1.54, 1.807) is 31.4 Å². The van der Waals surface area contributed by atoms with Gasteiger partial charge >= 0.3 is 0 Å². The van der Waals surface area contributed by atoms with E-state index in [0.717, 1.165) is 24.5 Å². The van der Waals surface area contributed by atoms with Crippen LogP contribution in [-0.2, 0) is 0 Å². The van der Waals surface area contributed by atoms with Crippen molar-refractivity contribution in [3.8, 4) is 11.5 Å². The van der Waals surface area contributed by atoms with Crippen molar-refractivity contribution in [3.63, 3.8) is 0 Å². The van der Waals surface area contributed by atoms with Crippen molar-refractivity contribution in [2.75, 3.05) is 51.3 Å². The van der Waals surface area contributed by atoms with Gasteiger partial charge in [-0.15, -0.1) is 0 Å². The minimum Gasteiger partial charge on any atom is -0.497 e. The zero-order valence-electron chi connectivity index (χ0n) is 19.0. The maximum absolute atomic E-state index is 11.3. The summed E-state index contributed by atoms with van der Waals surface area (Å²) >= 11 is 6.00. The summed E-state index contributed by atoms with van der Waals surface area (Å²) in [7, 11) is 1.66. The number of hydrogen-bond acceptors (Lipinski definition) is 7. The lowest BCUT2D eigenvalue weighted by molar-refractivity contribution is -0.149. The van der Waals surface area contributed by atoms with Gasteiger partial charge in [-0.05, 0) is 49.6 Å². The quantitative estimate of drug-likeness (QED) is 0.566. The Hall–Kier alpha value is -2.03. The highest BCUT2D eigenvalue weighted by molar-refractivity contribution is 6.30. The number of hydrogen-bond donors (Lipinski definition) is 3. The molecule has 0 saturated carbocycles. The summed E-state index contributed by atoms with van der Waals surface area (Å²) < 4.78 is 11.1. The van der Waals surface area contributed by atoms with Gasteiger partial charge in [0.25, 0.3) is 0 Å². The summed E-state index contributed by atoms with van der Waals surface area (Å²) in [6.07, 6.45) is 0.778. The number of likely N-dealkylation sites (tertiary alicyclic amines) is 1. The van der Waals surface area contributed by atoms with Gasteiger partial charge in [0.1, 0.15) is 23.7 Å². The molecular weight excluding hydrogens is 444 g/mol. The van der Waals surface area contributed by atoms with Crippen LogP contribution in [0.4, 0.5) is 5.69 Å². The first kappa shape index (κ1) is 24.1. The molecule has 33 heavy (non-hydrogen) atoms. The Morgan fingerprint density at radius 2 is 1.76 bits per heavy atom. The average molecular weight is 477 g/mol. The number of benzene rings is 2. The third-order valence-corrected chi connectivity index (χ3v) is 6.99. The molecule has 0 bridgehead atoms. The van der Waals surface area contributed by atoms with Crippen LogP contribution in [-0.4, -0.2) is 84.0 Å². The summed E-state index contributed by atoms with van der Waals surface area (Å²) in [5, 5.41) is 33.5. The average Bonchev–Trinajstić information content (AvgIpc) is 2.81. The van der Waals surface area contributed by atoms with Crippen molar-refractivity contribution in [2.24, 2.45) is 0 Å². The third kappa shape index (κ3) is 5.91. The van der Waals surface area contributed by atoms with Gasteiger partial charge in [-0.1, -0.05) is 23.7 Å². The number of methoxy groups -OCH3 is 1. The van der Waals surface area contributed by atoms with Crippen molar-refractivity contribution in [2.45, 2.75) is 36.6 Å². The Morgan fingerprint density at radius 3 is 2.48 bits per heavy atom. The van der Waals surface area contributed by atoms with E-state index in [4.69, 9.17) is 21.1 Å². The van der Waals surface area contributed by atoms with Crippen molar-refractivity contribution in [1.29, 1.82) is 0 Å². The van der Waals surface area contributed by atoms with E-state index in [9.17, 15) is 15.3 Å². The normalized spacial score (nSPS) is 25.6. The monoisotopic (exact) mass is 476 g/mol. The van der Waals surface area contributed by atoms with Gasteiger partial charge in [0.15, 0.2) is 0 Å². The van der Waals surface area contributed by atoms with Crippen LogP contribution < -0.4 is 14.4 Å². The molecule has 2 atom stereocenters. The van der Waals surface area contributed by atoms with Crippen LogP contribution in [0, 0.1) is 0 Å². The largest absolute Gasteiger partial charge is 0.497 e. The van der Waals surface area contributed by atoms with E-state index in [1.807, 2.05) is 23.1 Å². The number of β-amino-alcohol motifs (C(OH)–C–C–N with tert-alkyl or cyclic N) is 2. The number of halogens is 1. The Balaban J connectivity index is 1.33. The van der Waals surface area contributed by atoms with Crippen LogP contribution in [0.3, 0.4) is 0 Å². The van der Waals surface area contributed by atoms with Crippen LogP contribution in [0.15, 0.2) is 48.5 Å². The fourth-order valence-corrected chi connectivity index (χ4v) is 4.93. The van der Waals surface area contributed by atoms with E-state index < -0.39 is 17.3 Å². The molecule has 4 rings (SSSR count). The molecule has 0 radical (unpaired) electrons. The van der Waals surface area contributed by atoms with E-state index in [1.165, 1.54) is 0 Å². The lowest BCUT2D eigenvalue weighted by atomic mass is 9.86. The maximum atomic E-state index is 11.3. The highest BCUT2D eigenvalue weighted by Crippen LogP contribution is 2.31. The predicted octanol–water partition coefficient (Wildman–Crippen LogP) is 2.56. The molecule has 2 aromatic rings. The molecule has 2 aliphatic heterocycles. The van der Waals surface area contributed by atoms with E-state index in [0.29, 0.717) is 43.1 Å². The Morgan fingerprint density at radius 1 is 1.03 bits per heavy atom. The Labute approximate surface area is 200 Å². The van der Waals surface area contributed by atoms with Crippen molar-refractivity contribution < 1.29 is 24.8 Å². The summed E-state index contributed by atoms with van der Waals surface area (Å²) in [5.74, 6) is 1.36. The lowest BCUT2D eigenvalue weighted by Gasteiger charge is -2.46. The fraction of sp³-hybridized carbons (Fsp3) is 0.520. The standard InChI is InChI=1S/C25H33ClN2O5/c1-32-21-6-3-5-20(15-21)28-12-9-24(30,10-13-28)16-27-11-8-23(29)25(31,17-27)18-33-22-7-2-4-19(26)14-22/h2-7,14-15,23,29-31H,8-13,16-18H2,1H3/t23-,25-/m0/s1. The van der Waals surface area contributed by atoms with E-state index >= 15 is 0 Å². The molecule has 0 aromatic heterocycles. The van der Waals surface area contributed by atoms with Gasteiger partial charge in [0.2, 0.25) is 0 Å². The van der Waals surface area contributed by atoms with E-state index in [2.05, 4.69) is 11.0 Å². The number of piperidine rings is 2. The number of aliphatic hydroxyl groups is 3. The predicted molar refractivity (Wildman–Crippen MR) is 128 cm³/mol. The summed E-state index contributed by atoms with van der Waals surface area (Å²) in [5.41, 5.74) is -1.17. The molecule has 3 N–H and O–H groups in total. The molecule has 0 spiro atoms. The molecule has 2 aromatic carbocycles. The fourth-order valence-electron chi connectivity index (χ4n) is 4.75. The highest BCUT2D eigenvalue weighted by atomic mass is 35.5. The van der Waals surface area contributed by atoms with Crippen molar-refractivity contribution >= 4 is 17.3 Å². The summed E-state index contributed by atoms with van der Waals surface area (Å²) in [6.45, 7) is 2.72. The third-order valence-electron chi connectivity index (χ3n) is 6.75. The second-order valence-corrected chi connectivity index (χ2v) is 9.71. The SMILES string of the molecule is COc1cccc(N2CCC(O)(CN3CC[C@H](O)[C@@](O)(COc4cccc(Cl)c4)C3)CC2)c1. The maximum Gasteiger partial charge on any atom is 0.137 e. The molecular formula is C25H33ClN2O5. The van der Waals surface area contributed by atoms with Crippen molar-refractivity contribution in [1.82, 2.24) is 4.90 Å². The smallest absolute Gasteiger partial charge is 0.137 e. The van der Waals surface area contributed by atoms with Crippen LogP contribution in [0.25, 0.3) is 0 Å². The second kappa shape index (κ2) is 10.1. The molecule has 2 aliphatic rings. The molecule has 2 saturated heterocycles. The van der Waals surface area contributed by atoms with Gasteiger partial charge in [-0.25, -0.2) is 0 Å². The number of aliphatic hydroxyl groups excluding tert-OH is 1. The number of anilines is 1. The van der Waals surface area contributed by atoms with Crippen LogP contribution in [0.1, 0.15) is 19.3 Å². The van der Waals surface area contributed by atoms with Crippen molar-refractivity contribution in [3.05, 3.63) is 53.6 Å². The molecule has 8 heteroatoms. The van der Waals surface area contributed by atoms with Gasteiger partial charge in [0.05, 0.1) is 18.8 Å². The Kier molecular flexibility index (Phi) is 7.36. The number of ether oxygens (including phenoxy) is 2. The molecule has 180 valence electrons. The molecule has 0 amide bonds.